The Bertz CT molecular complexity index is 659. The van der Waals surface area contributed by atoms with Gasteiger partial charge in [-0.1, -0.05) is 0 Å². The number of ether oxygens (including phenoxy) is 1. The van der Waals surface area contributed by atoms with E-state index in [1.54, 1.807) is 20.8 Å². The minimum Gasteiger partial charge on any atom is -0.477 e. The highest BCUT2D eigenvalue weighted by Crippen LogP contribution is 2.10. The number of amides is 1. The summed E-state index contributed by atoms with van der Waals surface area (Å²) in [6.45, 7) is 5.55. The summed E-state index contributed by atoms with van der Waals surface area (Å²) in [5.41, 5.74) is -0.807. The number of hydrogen-bond acceptors (Lipinski definition) is 5. The third-order valence-electron chi connectivity index (χ3n) is 2.51. The van der Waals surface area contributed by atoms with Gasteiger partial charge < -0.3 is 20.1 Å². The molecule has 23 heavy (non-hydrogen) atoms. The fourth-order valence-corrected chi connectivity index (χ4v) is 2.60. The molecule has 1 aromatic heterocycles. The molecule has 10 heteroatoms. The summed E-state index contributed by atoms with van der Waals surface area (Å²) in [4.78, 5) is 24.3. The van der Waals surface area contributed by atoms with Gasteiger partial charge in [0.2, 0.25) is 10.0 Å². The van der Waals surface area contributed by atoms with E-state index in [2.05, 4.69) is 15.0 Å². The lowest BCUT2D eigenvalue weighted by atomic mass is 10.2. The van der Waals surface area contributed by atoms with Crippen LogP contribution in [0.4, 0.5) is 4.79 Å². The Morgan fingerprint density at radius 1 is 1.30 bits per heavy atom. The highest BCUT2D eigenvalue weighted by atomic mass is 32.2. The van der Waals surface area contributed by atoms with Crippen LogP contribution < -0.4 is 10.0 Å². The maximum atomic E-state index is 11.9. The fourth-order valence-electron chi connectivity index (χ4n) is 1.54. The minimum atomic E-state index is -3.79. The van der Waals surface area contributed by atoms with Crippen LogP contribution in [0.2, 0.25) is 0 Å². The first-order chi connectivity index (χ1) is 10.5. The van der Waals surface area contributed by atoms with Crippen molar-refractivity contribution in [1.29, 1.82) is 0 Å². The Balaban J connectivity index is 2.37. The van der Waals surface area contributed by atoms with Crippen LogP contribution in [-0.4, -0.2) is 49.3 Å². The Morgan fingerprint density at radius 2 is 1.96 bits per heavy atom. The van der Waals surface area contributed by atoms with Crippen LogP contribution in [0.5, 0.6) is 0 Å². The average Bonchev–Trinajstić information content (AvgIpc) is 2.86. The number of hydrogen-bond donors (Lipinski definition) is 4. The number of aromatic amines is 1. The molecule has 0 atom stereocenters. The van der Waals surface area contributed by atoms with Crippen LogP contribution in [0.25, 0.3) is 0 Å². The zero-order valence-electron chi connectivity index (χ0n) is 13.2. The number of aromatic nitrogens is 1. The topological polar surface area (TPSA) is 138 Å². The molecular weight excluding hydrogens is 326 g/mol. The van der Waals surface area contributed by atoms with Gasteiger partial charge >= 0.3 is 12.1 Å². The summed E-state index contributed by atoms with van der Waals surface area (Å²) in [7, 11) is -3.79. The van der Waals surface area contributed by atoms with Crippen molar-refractivity contribution in [2.45, 2.75) is 37.7 Å². The molecule has 0 unspecified atom stereocenters. The molecule has 0 bridgehead atoms. The summed E-state index contributed by atoms with van der Waals surface area (Å²) in [6, 6.07) is 1.03. The first-order valence-electron chi connectivity index (χ1n) is 6.89. The Hall–Kier alpha value is -2.07. The molecule has 1 amide bonds. The van der Waals surface area contributed by atoms with Crippen LogP contribution >= 0.6 is 0 Å². The van der Waals surface area contributed by atoms with Crippen LogP contribution in [0.1, 0.15) is 37.7 Å². The summed E-state index contributed by atoms with van der Waals surface area (Å²) in [5, 5.41) is 11.2. The number of carboxylic acids is 1. The standard InChI is InChI=1S/C13H21N3O6S/c1-13(2,3)22-12(19)14-5-4-6-16-23(20,21)9-7-10(11(17)18)15-8-9/h7-8,15-16H,4-6H2,1-3H3,(H,14,19)(H,17,18). The van der Waals surface area contributed by atoms with E-state index < -0.39 is 27.7 Å². The highest BCUT2D eigenvalue weighted by Gasteiger charge is 2.18. The molecule has 4 N–H and O–H groups in total. The predicted molar refractivity (Wildman–Crippen MR) is 81.8 cm³/mol. The molecule has 0 aliphatic carbocycles. The largest absolute Gasteiger partial charge is 0.477 e. The second-order valence-corrected chi connectivity index (χ2v) is 7.50. The van der Waals surface area contributed by atoms with Crippen LogP contribution in [-0.2, 0) is 14.8 Å². The Kier molecular flexibility index (Phi) is 6.16. The first kappa shape index (κ1) is 19.0. The van der Waals surface area contributed by atoms with Gasteiger partial charge in [-0.15, -0.1) is 0 Å². The van der Waals surface area contributed by atoms with Crippen LogP contribution in [0.3, 0.4) is 0 Å². The van der Waals surface area contributed by atoms with Gasteiger partial charge in [-0.2, -0.15) is 0 Å². The van der Waals surface area contributed by atoms with Gasteiger partial charge in [0.15, 0.2) is 0 Å². The van der Waals surface area contributed by atoms with Crippen molar-refractivity contribution in [3.05, 3.63) is 18.0 Å². The normalized spacial score (nSPS) is 12.0. The smallest absolute Gasteiger partial charge is 0.407 e. The molecule has 0 fully saturated rings. The predicted octanol–water partition coefficient (Wildman–Crippen LogP) is 0.906. The molecule has 0 saturated carbocycles. The Labute approximate surface area is 134 Å². The van der Waals surface area contributed by atoms with E-state index in [1.165, 1.54) is 0 Å². The average molecular weight is 347 g/mol. The quantitative estimate of drug-likeness (QED) is 0.541. The molecule has 1 heterocycles. The molecular formula is C13H21N3O6S. The number of H-pyrrole nitrogens is 1. The summed E-state index contributed by atoms with van der Waals surface area (Å²) < 4.78 is 31.2. The van der Waals surface area contributed by atoms with Crippen molar-refractivity contribution in [2.24, 2.45) is 0 Å². The number of carbonyl (C=O) groups excluding carboxylic acids is 1. The lowest BCUT2D eigenvalue weighted by Gasteiger charge is -2.19. The minimum absolute atomic E-state index is 0.0890. The molecule has 0 saturated heterocycles. The van der Waals surface area contributed by atoms with E-state index >= 15 is 0 Å². The number of carboxylic acid groups (broad SMARTS) is 1. The van der Waals surface area contributed by atoms with Crippen molar-refractivity contribution < 1.29 is 27.9 Å². The van der Waals surface area contributed by atoms with Gasteiger partial charge in [0.1, 0.15) is 16.2 Å². The molecule has 9 nitrogen and oxygen atoms in total. The molecule has 0 aromatic carbocycles. The second kappa shape index (κ2) is 7.47. The Morgan fingerprint density at radius 3 is 2.48 bits per heavy atom. The zero-order valence-corrected chi connectivity index (χ0v) is 14.0. The summed E-state index contributed by atoms with van der Waals surface area (Å²) in [5.74, 6) is -1.24. The van der Waals surface area contributed by atoms with E-state index in [4.69, 9.17) is 9.84 Å². The lowest BCUT2D eigenvalue weighted by molar-refractivity contribution is 0.0527. The van der Waals surface area contributed by atoms with Crippen molar-refractivity contribution in [3.63, 3.8) is 0 Å². The maximum Gasteiger partial charge on any atom is 0.407 e. The zero-order chi connectivity index (χ0) is 17.7. The number of carbonyl (C=O) groups is 2. The third kappa shape index (κ3) is 6.70. The monoisotopic (exact) mass is 347 g/mol. The maximum absolute atomic E-state index is 11.9. The number of aromatic carboxylic acids is 1. The molecule has 0 radical (unpaired) electrons. The van der Waals surface area contributed by atoms with Gasteiger partial charge in [0.25, 0.3) is 0 Å². The molecule has 0 aliphatic heterocycles. The molecule has 130 valence electrons. The molecule has 1 rings (SSSR count). The van der Waals surface area contributed by atoms with Gasteiger partial charge in [-0.05, 0) is 33.3 Å². The van der Waals surface area contributed by atoms with Gasteiger partial charge in [-0.25, -0.2) is 22.7 Å². The SMILES string of the molecule is CC(C)(C)OC(=O)NCCCNS(=O)(=O)c1c[nH]c(C(=O)O)c1. The van der Waals surface area contributed by atoms with E-state index in [-0.39, 0.29) is 23.7 Å². The highest BCUT2D eigenvalue weighted by molar-refractivity contribution is 7.89. The van der Waals surface area contributed by atoms with Crippen molar-refractivity contribution in [1.82, 2.24) is 15.0 Å². The van der Waals surface area contributed by atoms with E-state index in [9.17, 15) is 18.0 Å². The number of sulfonamides is 1. The van der Waals surface area contributed by atoms with Gasteiger partial charge in [0.05, 0.1) is 0 Å². The van der Waals surface area contributed by atoms with Crippen molar-refractivity contribution >= 4 is 22.1 Å². The fraction of sp³-hybridized carbons (Fsp3) is 0.538. The van der Waals surface area contributed by atoms with E-state index in [0.29, 0.717) is 6.42 Å². The summed E-state index contributed by atoms with van der Waals surface area (Å²) in [6.07, 6.45) is 0.886. The van der Waals surface area contributed by atoms with Crippen molar-refractivity contribution in [3.8, 4) is 0 Å². The lowest BCUT2D eigenvalue weighted by Crippen LogP contribution is -2.34. The molecule has 0 aliphatic rings. The third-order valence-corrected chi connectivity index (χ3v) is 3.95. The van der Waals surface area contributed by atoms with Crippen molar-refractivity contribution in [2.75, 3.05) is 13.1 Å². The van der Waals surface area contributed by atoms with Crippen LogP contribution in [0.15, 0.2) is 17.2 Å². The van der Waals surface area contributed by atoms with Gasteiger partial charge in [-0.3, -0.25) is 0 Å². The van der Waals surface area contributed by atoms with Gasteiger partial charge in [0, 0.05) is 19.3 Å². The molecule has 0 spiro atoms. The number of nitrogens with one attached hydrogen (secondary N) is 3. The summed E-state index contributed by atoms with van der Waals surface area (Å²) >= 11 is 0. The molecule has 1 aromatic rings. The first-order valence-corrected chi connectivity index (χ1v) is 8.38. The van der Waals surface area contributed by atoms with E-state index in [0.717, 1.165) is 12.3 Å². The van der Waals surface area contributed by atoms with E-state index in [1.807, 2.05) is 0 Å². The van der Waals surface area contributed by atoms with Crippen LogP contribution in [0, 0.1) is 0 Å². The number of alkyl carbamates (subject to hydrolysis) is 1. The number of rotatable bonds is 7. The second-order valence-electron chi connectivity index (χ2n) is 5.73.